The summed E-state index contributed by atoms with van der Waals surface area (Å²) in [6.45, 7) is 1.75. The fraction of sp³-hybridized carbons (Fsp3) is 0.250. The molecular formula is C16H16ClFO. The molecule has 0 fully saturated rings. The van der Waals surface area contributed by atoms with Crippen molar-refractivity contribution in [3.05, 3.63) is 70.5 Å². The molecule has 0 radical (unpaired) electrons. The Kier molecular flexibility index (Phi) is 4.23. The van der Waals surface area contributed by atoms with Gasteiger partial charge in [0.25, 0.3) is 0 Å². The van der Waals surface area contributed by atoms with Crippen LogP contribution in [0.4, 0.5) is 4.39 Å². The molecule has 1 unspecified atom stereocenters. The Morgan fingerprint density at radius 3 is 2.21 bits per heavy atom. The van der Waals surface area contributed by atoms with Gasteiger partial charge in [-0.2, -0.15) is 0 Å². The van der Waals surface area contributed by atoms with E-state index in [1.165, 1.54) is 12.1 Å². The molecule has 0 aliphatic carbocycles. The Morgan fingerprint density at radius 2 is 1.63 bits per heavy atom. The molecule has 0 aliphatic heterocycles. The monoisotopic (exact) mass is 278 g/mol. The van der Waals surface area contributed by atoms with E-state index < -0.39 is 5.60 Å². The van der Waals surface area contributed by atoms with Crippen molar-refractivity contribution in [2.75, 3.05) is 0 Å². The third-order valence-corrected chi connectivity index (χ3v) is 3.18. The van der Waals surface area contributed by atoms with Gasteiger partial charge in [0.15, 0.2) is 0 Å². The lowest BCUT2D eigenvalue weighted by Crippen LogP contribution is -2.30. The smallest absolute Gasteiger partial charge is 0.123 e. The molecule has 2 aromatic rings. The fourth-order valence-electron chi connectivity index (χ4n) is 2.24. The molecule has 1 N–H and O–H groups in total. The minimum atomic E-state index is -0.932. The first-order valence-corrected chi connectivity index (χ1v) is 6.54. The van der Waals surface area contributed by atoms with Crippen molar-refractivity contribution in [1.29, 1.82) is 0 Å². The first-order valence-electron chi connectivity index (χ1n) is 6.16. The van der Waals surface area contributed by atoms with Gasteiger partial charge in [-0.25, -0.2) is 4.39 Å². The number of aliphatic hydroxyl groups is 1. The second-order valence-electron chi connectivity index (χ2n) is 5.11. The lowest BCUT2D eigenvalue weighted by molar-refractivity contribution is 0.0608. The summed E-state index contributed by atoms with van der Waals surface area (Å²) in [7, 11) is 0. The number of rotatable bonds is 4. The van der Waals surface area contributed by atoms with E-state index in [1.807, 2.05) is 24.3 Å². The zero-order chi connectivity index (χ0) is 13.9. The summed E-state index contributed by atoms with van der Waals surface area (Å²) >= 11 is 5.92. The molecule has 0 amide bonds. The molecule has 0 heterocycles. The average molecular weight is 279 g/mol. The number of hydrogen-bond acceptors (Lipinski definition) is 1. The van der Waals surface area contributed by atoms with Crippen LogP contribution in [0.15, 0.2) is 48.5 Å². The van der Waals surface area contributed by atoms with Gasteiger partial charge in [0.2, 0.25) is 0 Å². The minimum Gasteiger partial charge on any atom is -0.389 e. The van der Waals surface area contributed by atoms with Crippen molar-refractivity contribution < 1.29 is 9.50 Å². The van der Waals surface area contributed by atoms with Crippen LogP contribution in [-0.4, -0.2) is 10.7 Å². The molecule has 1 nitrogen and oxygen atoms in total. The topological polar surface area (TPSA) is 20.2 Å². The maximum Gasteiger partial charge on any atom is 0.123 e. The maximum absolute atomic E-state index is 13.1. The summed E-state index contributed by atoms with van der Waals surface area (Å²) in [4.78, 5) is 0. The number of hydrogen-bond donors (Lipinski definition) is 1. The van der Waals surface area contributed by atoms with E-state index in [4.69, 9.17) is 11.6 Å². The average Bonchev–Trinajstić information content (AvgIpc) is 2.27. The molecule has 19 heavy (non-hydrogen) atoms. The summed E-state index contributed by atoms with van der Waals surface area (Å²) in [6.07, 6.45) is 0.876. The van der Waals surface area contributed by atoms with Crippen molar-refractivity contribution in [3.63, 3.8) is 0 Å². The quantitative estimate of drug-likeness (QED) is 0.896. The Bertz CT molecular complexity index is 517. The lowest BCUT2D eigenvalue weighted by Gasteiger charge is -2.23. The number of benzene rings is 2. The van der Waals surface area contributed by atoms with Gasteiger partial charge >= 0.3 is 0 Å². The third-order valence-electron chi connectivity index (χ3n) is 2.95. The largest absolute Gasteiger partial charge is 0.389 e. The second kappa shape index (κ2) is 5.72. The van der Waals surface area contributed by atoms with Gasteiger partial charge in [-0.3, -0.25) is 0 Å². The maximum atomic E-state index is 13.1. The van der Waals surface area contributed by atoms with Gasteiger partial charge in [0.05, 0.1) is 5.60 Å². The molecule has 0 saturated carbocycles. The van der Waals surface area contributed by atoms with Crippen LogP contribution in [0.25, 0.3) is 0 Å². The van der Waals surface area contributed by atoms with Crippen molar-refractivity contribution in [2.45, 2.75) is 25.4 Å². The van der Waals surface area contributed by atoms with Gasteiger partial charge in [0.1, 0.15) is 5.82 Å². The predicted molar refractivity (Wildman–Crippen MR) is 75.9 cm³/mol. The highest BCUT2D eigenvalue weighted by Crippen LogP contribution is 2.21. The Morgan fingerprint density at radius 1 is 1.05 bits per heavy atom. The molecule has 2 aromatic carbocycles. The van der Waals surface area contributed by atoms with Gasteiger partial charge in [-0.15, -0.1) is 0 Å². The van der Waals surface area contributed by atoms with Crippen LogP contribution in [0.3, 0.4) is 0 Å². The van der Waals surface area contributed by atoms with Gasteiger partial charge in [0, 0.05) is 17.9 Å². The standard InChI is InChI=1S/C16H16ClFO/c1-16(19,10-12-4-2-6-14(17)8-12)11-13-5-3-7-15(18)9-13/h2-9,19H,10-11H2,1H3. The van der Waals surface area contributed by atoms with Crippen LogP contribution in [0, 0.1) is 5.82 Å². The molecule has 1 atom stereocenters. The van der Waals surface area contributed by atoms with E-state index in [0.717, 1.165) is 11.1 Å². The van der Waals surface area contributed by atoms with Crippen molar-refractivity contribution in [1.82, 2.24) is 0 Å². The molecule has 2 rings (SSSR count). The number of halogens is 2. The molecule has 0 aromatic heterocycles. The van der Waals surface area contributed by atoms with Gasteiger partial charge < -0.3 is 5.11 Å². The molecule has 0 bridgehead atoms. The SMILES string of the molecule is CC(O)(Cc1cccc(F)c1)Cc1cccc(Cl)c1. The van der Waals surface area contributed by atoms with E-state index in [-0.39, 0.29) is 5.82 Å². The summed E-state index contributed by atoms with van der Waals surface area (Å²) in [5, 5.41) is 11.1. The van der Waals surface area contributed by atoms with Crippen molar-refractivity contribution >= 4 is 11.6 Å². The predicted octanol–water partition coefficient (Wildman–Crippen LogP) is 4.02. The van der Waals surface area contributed by atoms with E-state index in [9.17, 15) is 9.50 Å². The third kappa shape index (κ3) is 4.34. The summed E-state index contributed by atoms with van der Waals surface area (Å²) in [5.41, 5.74) is 0.819. The van der Waals surface area contributed by atoms with Crippen molar-refractivity contribution in [3.8, 4) is 0 Å². The first kappa shape index (κ1) is 14.0. The Labute approximate surface area is 117 Å². The van der Waals surface area contributed by atoms with Crippen LogP contribution in [0.5, 0.6) is 0 Å². The van der Waals surface area contributed by atoms with Crippen molar-refractivity contribution in [2.24, 2.45) is 0 Å². The normalized spacial score (nSPS) is 14.1. The first-order chi connectivity index (χ1) is 8.94. The molecule has 0 spiro atoms. The molecule has 0 aliphatic rings. The highest BCUT2D eigenvalue weighted by Gasteiger charge is 2.21. The van der Waals surface area contributed by atoms with Crippen LogP contribution in [0.2, 0.25) is 5.02 Å². The van der Waals surface area contributed by atoms with Crippen LogP contribution in [0.1, 0.15) is 18.1 Å². The minimum absolute atomic E-state index is 0.281. The molecule has 3 heteroatoms. The molecular weight excluding hydrogens is 263 g/mol. The van der Waals surface area contributed by atoms with Gasteiger partial charge in [-0.1, -0.05) is 35.9 Å². The lowest BCUT2D eigenvalue weighted by atomic mass is 9.90. The second-order valence-corrected chi connectivity index (χ2v) is 5.55. The zero-order valence-corrected chi connectivity index (χ0v) is 11.5. The van der Waals surface area contributed by atoms with Crippen LogP contribution >= 0.6 is 11.6 Å². The Balaban J connectivity index is 2.10. The van der Waals surface area contributed by atoms with Gasteiger partial charge in [-0.05, 0) is 42.3 Å². The van der Waals surface area contributed by atoms with E-state index in [1.54, 1.807) is 19.1 Å². The van der Waals surface area contributed by atoms with E-state index >= 15 is 0 Å². The molecule has 0 saturated heterocycles. The van der Waals surface area contributed by atoms with Crippen LogP contribution in [-0.2, 0) is 12.8 Å². The summed E-state index contributed by atoms with van der Waals surface area (Å²) in [6, 6.07) is 13.7. The highest BCUT2D eigenvalue weighted by atomic mass is 35.5. The Hall–Kier alpha value is -1.38. The summed E-state index contributed by atoms with van der Waals surface area (Å²) < 4.78 is 13.1. The van der Waals surface area contributed by atoms with E-state index in [2.05, 4.69) is 0 Å². The summed E-state index contributed by atoms with van der Waals surface area (Å²) in [5.74, 6) is -0.281. The van der Waals surface area contributed by atoms with Crippen LogP contribution < -0.4 is 0 Å². The zero-order valence-electron chi connectivity index (χ0n) is 10.7. The highest BCUT2D eigenvalue weighted by molar-refractivity contribution is 6.30. The van der Waals surface area contributed by atoms with E-state index in [0.29, 0.717) is 17.9 Å². The molecule has 100 valence electrons. The fourth-order valence-corrected chi connectivity index (χ4v) is 2.45.